The van der Waals surface area contributed by atoms with Gasteiger partial charge in [-0.1, -0.05) is 85.5 Å². The third-order valence-corrected chi connectivity index (χ3v) is 6.78. The number of rotatable bonds is 20. The summed E-state index contributed by atoms with van der Waals surface area (Å²) >= 11 is 0. The zero-order chi connectivity index (χ0) is 23.5. The van der Waals surface area contributed by atoms with E-state index in [-0.39, 0.29) is 0 Å². The Balaban J connectivity index is 3.87. The predicted octanol–water partition coefficient (Wildman–Crippen LogP) is 7.07. The van der Waals surface area contributed by atoms with Crippen LogP contribution in [0.25, 0.3) is 0 Å². The molecule has 31 heavy (non-hydrogen) atoms. The van der Waals surface area contributed by atoms with Crippen molar-refractivity contribution < 1.29 is 9.59 Å². The van der Waals surface area contributed by atoms with Gasteiger partial charge in [-0.25, -0.2) is 0 Å². The van der Waals surface area contributed by atoms with Crippen LogP contribution in [0.4, 0.5) is 0 Å². The topological polar surface area (TPSA) is 40.6 Å². The van der Waals surface area contributed by atoms with Crippen LogP contribution in [0.5, 0.6) is 0 Å². The second kappa shape index (κ2) is 19.6. The zero-order valence-electron chi connectivity index (χ0n) is 21.9. The van der Waals surface area contributed by atoms with Gasteiger partial charge in [-0.3, -0.25) is 9.59 Å². The lowest BCUT2D eigenvalue weighted by molar-refractivity contribution is -0.131. The van der Waals surface area contributed by atoms with Gasteiger partial charge >= 0.3 is 0 Å². The minimum absolute atomic E-state index is 0.292. The molecule has 0 saturated carbocycles. The van der Waals surface area contributed by atoms with Crippen LogP contribution in [0.15, 0.2) is 0 Å². The maximum atomic E-state index is 12.4. The van der Waals surface area contributed by atoms with E-state index in [1.807, 2.05) is 23.9 Å². The molecule has 2 amide bonds. The van der Waals surface area contributed by atoms with Gasteiger partial charge in [0.25, 0.3) is 0 Å². The molecule has 184 valence electrons. The summed E-state index contributed by atoms with van der Waals surface area (Å²) in [6.45, 7) is 10.7. The Morgan fingerprint density at radius 3 is 1.26 bits per heavy atom. The number of carbonyl (C=O) groups excluding carboxylic acids is 2. The normalized spacial score (nSPS) is 13.1. The minimum atomic E-state index is 0.292. The molecule has 0 aromatic rings. The second-order valence-electron chi connectivity index (χ2n) is 9.65. The van der Waals surface area contributed by atoms with Gasteiger partial charge in [-0.15, -0.1) is 0 Å². The largest absolute Gasteiger partial charge is 0.345 e. The highest BCUT2D eigenvalue weighted by Crippen LogP contribution is 2.16. The molecule has 0 rings (SSSR count). The van der Waals surface area contributed by atoms with Crippen LogP contribution >= 0.6 is 0 Å². The van der Waals surface area contributed by atoms with Gasteiger partial charge in [0.15, 0.2) is 0 Å². The molecule has 0 aliphatic heterocycles. The first-order valence-corrected chi connectivity index (χ1v) is 13.4. The molecule has 0 saturated heterocycles. The van der Waals surface area contributed by atoms with E-state index < -0.39 is 0 Å². The van der Waals surface area contributed by atoms with Crippen LogP contribution in [0.2, 0.25) is 0 Å². The molecular weight excluding hydrogens is 384 g/mol. The Morgan fingerprint density at radius 2 is 0.935 bits per heavy atom. The van der Waals surface area contributed by atoms with Crippen molar-refractivity contribution in [3.05, 3.63) is 0 Å². The van der Waals surface area contributed by atoms with E-state index in [9.17, 15) is 9.59 Å². The van der Waals surface area contributed by atoms with E-state index in [4.69, 9.17) is 0 Å². The van der Waals surface area contributed by atoms with Crippen LogP contribution in [0.1, 0.15) is 124 Å². The van der Waals surface area contributed by atoms with Crippen molar-refractivity contribution in [3.8, 4) is 0 Å². The summed E-state index contributed by atoms with van der Waals surface area (Å²) in [6.07, 6.45) is 16.3. The first kappa shape index (κ1) is 29.9. The summed E-state index contributed by atoms with van der Waals surface area (Å²) in [5.74, 6) is 1.87. The van der Waals surface area contributed by atoms with Crippen molar-refractivity contribution in [2.75, 3.05) is 27.2 Å². The number of hydrogen-bond acceptors (Lipinski definition) is 2. The highest BCUT2D eigenvalue weighted by molar-refractivity contribution is 5.76. The smallest absolute Gasteiger partial charge is 0.222 e. The van der Waals surface area contributed by atoms with E-state index in [2.05, 4.69) is 27.7 Å². The molecule has 0 N–H and O–H groups in total. The highest BCUT2D eigenvalue weighted by atomic mass is 16.2. The number of hydrogen-bond donors (Lipinski definition) is 0. The quantitative estimate of drug-likeness (QED) is 0.191. The fraction of sp³-hybridized carbons (Fsp3) is 0.926. The molecule has 0 aliphatic carbocycles. The van der Waals surface area contributed by atoms with E-state index >= 15 is 0 Å². The lowest BCUT2D eigenvalue weighted by atomic mass is 9.98. The molecule has 0 heterocycles. The van der Waals surface area contributed by atoms with Gasteiger partial charge in [0.1, 0.15) is 0 Å². The molecule has 0 aromatic heterocycles. The van der Waals surface area contributed by atoms with Crippen LogP contribution in [0, 0.1) is 11.8 Å². The molecule has 0 fully saturated rings. The zero-order valence-corrected chi connectivity index (χ0v) is 21.9. The molecule has 0 radical (unpaired) electrons. The predicted molar refractivity (Wildman–Crippen MR) is 134 cm³/mol. The Labute approximate surface area is 194 Å². The third-order valence-electron chi connectivity index (χ3n) is 6.78. The van der Waals surface area contributed by atoms with Crippen molar-refractivity contribution in [1.29, 1.82) is 0 Å². The van der Waals surface area contributed by atoms with E-state index in [0.717, 1.165) is 58.0 Å². The summed E-state index contributed by atoms with van der Waals surface area (Å²) < 4.78 is 0. The van der Waals surface area contributed by atoms with Gasteiger partial charge < -0.3 is 9.80 Å². The molecule has 0 aromatic carbocycles. The number of carbonyl (C=O) groups is 2. The average molecular weight is 439 g/mol. The van der Waals surface area contributed by atoms with Crippen molar-refractivity contribution in [2.24, 2.45) is 11.8 Å². The molecule has 2 unspecified atom stereocenters. The fourth-order valence-electron chi connectivity index (χ4n) is 4.28. The molecule has 0 aliphatic rings. The molecule has 2 atom stereocenters. The van der Waals surface area contributed by atoms with Gasteiger partial charge in [-0.2, -0.15) is 0 Å². The van der Waals surface area contributed by atoms with Gasteiger partial charge in [-0.05, 0) is 37.5 Å². The van der Waals surface area contributed by atoms with E-state index in [0.29, 0.717) is 36.5 Å². The summed E-state index contributed by atoms with van der Waals surface area (Å²) in [4.78, 5) is 28.6. The van der Waals surface area contributed by atoms with Gasteiger partial charge in [0.2, 0.25) is 11.8 Å². The summed E-state index contributed by atoms with van der Waals surface area (Å²) in [6, 6.07) is 0. The average Bonchev–Trinajstić information content (AvgIpc) is 2.77. The number of unbranched alkanes of at least 4 members (excludes halogenated alkanes) is 6. The monoisotopic (exact) mass is 438 g/mol. The summed E-state index contributed by atoms with van der Waals surface area (Å²) in [5.41, 5.74) is 0. The first-order valence-electron chi connectivity index (χ1n) is 13.4. The standard InChI is InChI=1S/C27H54N2O2/c1-7-11-18-24(9-3)22-28(5)26(30)20-16-14-13-15-17-21-27(31)29(6)23-25(10-4)19-12-8-2/h24-25H,7-23H2,1-6H3. The van der Waals surface area contributed by atoms with Crippen molar-refractivity contribution in [3.63, 3.8) is 0 Å². The molecule has 0 bridgehead atoms. The van der Waals surface area contributed by atoms with Crippen molar-refractivity contribution in [1.82, 2.24) is 9.80 Å². The molecular formula is C27H54N2O2. The number of nitrogens with zero attached hydrogens (tertiary/aromatic N) is 2. The molecule has 4 heteroatoms. The van der Waals surface area contributed by atoms with Crippen LogP contribution in [-0.4, -0.2) is 48.8 Å². The lowest BCUT2D eigenvalue weighted by Gasteiger charge is -2.23. The SMILES string of the molecule is CCCCC(CC)CN(C)C(=O)CCCCCCCC(=O)N(C)CC(CC)CCCC. The maximum Gasteiger partial charge on any atom is 0.222 e. The van der Waals surface area contributed by atoms with Crippen LogP contribution in [0.3, 0.4) is 0 Å². The first-order chi connectivity index (χ1) is 14.9. The van der Waals surface area contributed by atoms with Crippen molar-refractivity contribution >= 4 is 11.8 Å². The second-order valence-corrected chi connectivity index (χ2v) is 9.65. The highest BCUT2D eigenvalue weighted by Gasteiger charge is 2.15. The van der Waals surface area contributed by atoms with Crippen LogP contribution in [-0.2, 0) is 9.59 Å². The van der Waals surface area contributed by atoms with Crippen LogP contribution < -0.4 is 0 Å². The number of amides is 2. The van der Waals surface area contributed by atoms with E-state index in [1.165, 1.54) is 38.5 Å². The van der Waals surface area contributed by atoms with Crippen molar-refractivity contribution in [2.45, 2.75) is 124 Å². The maximum absolute atomic E-state index is 12.4. The summed E-state index contributed by atoms with van der Waals surface area (Å²) in [5, 5.41) is 0. The summed E-state index contributed by atoms with van der Waals surface area (Å²) in [7, 11) is 3.93. The Hall–Kier alpha value is -1.06. The lowest BCUT2D eigenvalue weighted by Crippen LogP contribution is -2.31. The minimum Gasteiger partial charge on any atom is -0.345 e. The third kappa shape index (κ3) is 15.4. The van der Waals surface area contributed by atoms with Gasteiger partial charge in [0.05, 0.1) is 0 Å². The molecule has 4 nitrogen and oxygen atoms in total. The fourth-order valence-corrected chi connectivity index (χ4v) is 4.28. The Bertz CT molecular complexity index is 413. The Morgan fingerprint density at radius 1 is 0.581 bits per heavy atom. The Kier molecular flexibility index (Phi) is 18.9. The van der Waals surface area contributed by atoms with E-state index in [1.54, 1.807) is 0 Å². The molecule has 0 spiro atoms. The van der Waals surface area contributed by atoms with Gasteiger partial charge in [0, 0.05) is 40.0 Å².